The molecule has 1 aromatic heterocycles. The van der Waals surface area contributed by atoms with E-state index in [0.29, 0.717) is 19.0 Å². The number of pyridine rings is 1. The molecule has 3 rings (SSSR count). The van der Waals surface area contributed by atoms with Crippen LogP contribution in [-0.4, -0.2) is 11.6 Å². The fraction of sp³-hybridized carbons (Fsp3) is 0.545. The van der Waals surface area contributed by atoms with Crippen LogP contribution in [0.2, 0.25) is 0 Å². The average Bonchev–Trinajstić information content (AvgIpc) is 2.62. The van der Waals surface area contributed by atoms with Crippen molar-refractivity contribution in [2.45, 2.75) is 32.7 Å². The van der Waals surface area contributed by atoms with Crippen molar-refractivity contribution in [2.75, 3.05) is 12.3 Å². The van der Waals surface area contributed by atoms with Crippen molar-refractivity contribution in [3.8, 4) is 0 Å². The van der Waals surface area contributed by atoms with Crippen LogP contribution in [-0.2, 0) is 29.1 Å². The Kier molecular flexibility index (Phi) is 1.94. The maximum absolute atomic E-state index is 5.94. The Labute approximate surface area is 88.4 Å². The Morgan fingerprint density at radius 3 is 3.07 bits per heavy atom. The quantitative estimate of drug-likeness (QED) is 0.695. The molecule has 80 valence electrons. The second-order valence-corrected chi connectivity index (χ2v) is 4.07. The molecule has 2 aliphatic rings. The molecule has 0 spiro atoms. The van der Waals surface area contributed by atoms with Crippen molar-refractivity contribution in [1.82, 2.24) is 4.98 Å². The summed E-state index contributed by atoms with van der Waals surface area (Å²) in [5.74, 6) is 0.610. The van der Waals surface area contributed by atoms with Crippen molar-refractivity contribution >= 4 is 5.82 Å². The van der Waals surface area contributed by atoms with E-state index < -0.39 is 0 Å². The Balaban J connectivity index is 2.22. The molecule has 0 aliphatic carbocycles. The van der Waals surface area contributed by atoms with Gasteiger partial charge in [-0.2, -0.15) is 0 Å². The Bertz CT molecular complexity index is 418. The maximum atomic E-state index is 5.94. The number of aromatic nitrogens is 1. The minimum Gasteiger partial charge on any atom is -0.383 e. The molecule has 2 N–H and O–H groups in total. The Morgan fingerprint density at radius 1 is 1.33 bits per heavy atom. The molecule has 3 heterocycles. The molecule has 4 heteroatoms. The van der Waals surface area contributed by atoms with Crippen LogP contribution in [0.3, 0.4) is 0 Å². The van der Waals surface area contributed by atoms with Gasteiger partial charge in [-0.3, -0.25) is 0 Å². The third kappa shape index (κ3) is 1.25. The van der Waals surface area contributed by atoms with E-state index in [1.807, 2.05) is 6.92 Å². The van der Waals surface area contributed by atoms with Crippen LogP contribution < -0.4 is 5.73 Å². The average molecular weight is 206 g/mol. The van der Waals surface area contributed by atoms with Gasteiger partial charge in [0.15, 0.2) is 0 Å². The predicted molar refractivity (Wildman–Crippen MR) is 55.2 cm³/mol. The van der Waals surface area contributed by atoms with Gasteiger partial charge in [0.05, 0.1) is 31.6 Å². The summed E-state index contributed by atoms with van der Waals surface area (Å²) in [5.41, 5.74) is 10.6. The molecule has 2 aliphatic heterocycles. The third-order valence-corrected chi connectivity index (χ3v) is 3.19. The Hall–Kier alpha value is -1.13. The fourth-order valence-electron chi connectivity index (χ4n) is 2.43. The first-order chi connectivity index (χ1) is 7.27. The zero-order valence-corrected chi connectivity index (χ0v) is 8.75. The molecule has 1 unspecified atom stereocenters. The van der Waals surface area contributed by atoms with Crippen LogP contribution >= 0.6 is 0 Å². The van der Waals surface area contributed by atoms with E-state index in [1.165, 1.54) is 11.1 Å². The van der Waals surface area contributed by atoms with Crippen LogP contribution in [0.5, 0.6) is 0 Å². The number of nitrogens with two attached hydrogens (primary N) is 1. The normalized spacial score (nSPS) is 23.7. The van der Waals surface area contributed by atoms with Gasteiger partial charge in [0, 0.05) is 5.56 Å². The number of fused-ring (bicyclic) bond motifs is 3. The van der Waals surface area contributed by atoms with Crippen LogP contribution in [0.1, 0.15) is 35.4 Å². The van der Waals surface area contributed by atoms with Crippen molar-refractivity contribution in [3.63, 3.8) is 0 Å². The molecule has 0 fully saturated rings. The van der Waals surface area contributed by atoms with Crippen LogP contribution in [0.25, 0.3) is 0 Å². The second-order valence-electron chi connectivity index (χ2n) is 4.07. The molecule has 4 nitrogen and oxygen atoms in total. The number of nitrogens with zero attached hydrogens (tertiary/aromatic N) is 1. The van der Waals surface area contributed by atoms with Gasteiger partial charge in [0.2, 0.25) is 0 Å². The summed E-state index contributed by atoms with van der Waals surface area (Å²) in [5, 5.41) is 0. The van der Waals surface area contributed by atoms with E-state index in [-0.39, 0.29) is 6.10 Å². The first-order valence-corrected chi connectivity index (χ1v) is 5.26. The zero-order valence-electron chi connectivity index (χ0n) is 8.75. The monoisotopic (exact) mass is 206 g/mol. The van der Waals surface area contributed by atoms with Crippen LogP contribution in [0.4, 0.5) is 5.82 Å². The minimum atomic E-state index is 0.0839. The van der Waals surface area contributed by atoms with Gasteiger partial charge in [-0.25, -0.2) is 4.98 Å². The summed E-state index contributed by atoms with van der Waals surface area (Å²) in [6, 6.07) is 0. The highest BCUT2D eigenvalue weighted by Crippen LogP contribution is 2.37. The molecular formula is C11H14N2O2. The van der Waals surface area contributed by atoms with Gasteiger partial charge in [-0.1, -0.05) is 0 Å². The van der Waals surface area contributed by atoms with Gasteiger partial charge in [-0.15, -0.1) is 0 Å². The van der Waals surface area contributed by atoms with E-state index in [9.17, 15) is 0 Å². The van der Waals surface area contributed by atoms with E-state index in [0.717, 1.165) is 24.3 Å². The second kappa shape index (κ2) is 3.18. The number of hydrogen-bond acceptors (Lipinski definition) is 4. The highest BCUT2D eigenvalue weighted by molar-refractivity contribution is 5.53. The SMILES string of the molecule is CC1OCc2c3c(nc(N)c21)COCC3. The summed E-state index contributed by atoms with van der Waals surface area (Å²) in [7, 11) is 0. The summed E-state index contributed by atoms with van der Waals surface area (Å²) in [6.45, 7) is 4.06. The first-order valence-electron chi connectivity index (χ1n) is 5.26. The summed E-state index contributed by atoms with van der Waals surface area (Å²) in [4.78, 5) is 4.41. The summed E-state index contributed by atoms with van der Waals surface area (Å²) < 4.78 is 11.0. The lowest BCUT2D eigenvalue weighted by Crippen LogP contribution is -2.16. The maximum Gasteiger partial charge on any atom is 0.129 e. The standard InChI is InChI=1S/C11H14N2O2/c1-6-10-8(4-15-6)7-2-3-14-5-9(7)13-11(10)12/h6H,2-5H2,1H3,(H2,12,13). The molecule has 1 aromatic rings. The smallest absolute Gasteiger partial charge is 0.129 e. The third-order valence-electron chi connectivity index (χ3n) is 3.19. The van der Waals surface area contributed by atoms with Crippen molar-refractivity contribution in [1.29, 1.82) is 0 Å². The largest absolute Gasteiger partial charge is 0.383 e. The van der Waals surface area contributed by atoms with Crippen LogP contribution in [0.15, 0.2) is 0 Å². The van der Waals surface area contributed by atoms with Crippen LogP contribution in [0, 0.1) is 0 Å². The molecule has 0 bridgehead atoms. The van der Waals surface area contributed by atoms with Gasteiger partial charge in [-0.05, 0) is 24.5 Å². The molecule has 0 aromatic carbocycles. The summed E-state index contributed by atoms with van der Waals surface area (Å²) in [6.07, 6.45) is 1.02. The van der Waals surface area contributed by atoms with Gasteiger partial charge >= 0.3 is 0 Å². The van der Waals surface area contributed by atoms with Crippen molar-refractivity contribution < 1.29 is 9.47 Å². The predicted octanol–water partition coefficient (Wildman–Crippen LogP) is 1.33. The fourth-order valence-corrected chi connectivity index (χ4v) is 2.43. The first kappa shape index (κ1) is 9.12. The van der Waals surface area contributed by atoms with Gasteiger partial charge in [0.25, 0.3) is 0 Å². The number of ether oxygens (including phenoxy) is 2. The number of rotatable bonds is 0. The molecule has 15 heavy (non-hydrogen) atoms. The molecule has 1 atom stereocenters. The number of hydrogen-bond donors (Lipinski definition) is 1. The van der Waals surface area contributed by atoms with E-state index >= 15 is 0 Å². The molecular weight excluding hydrogens is 192 g/mol. The van der Waals surface area contributed by atoms with Gasteiger partial charge < -0.3 is 15.2 Å². The molecule has 0 amide bonds. The van der Waals surface area contributed by atoms with Gasteiger partial charge in [0.1, 0.15) is 5.82 Å². The zero-order chi connectivity index (χ0) is 10.4. The van der Waals surface area contributed by atoms with Crippen molar-refractivity contribution in [2.24, 2.45) is 0 Å². The summed E-state index contributed by atoms with van der Waals surface area (Å²) >= 11 is 0. The lowest BCUT2D eigenvalue weighted by Gasteiger charge is -2.19. The Morgan fingerprint density at radius 2 is 2.20 bits per heavy atom. The lowest BCUT2D eigenvalue weighted by molar-refractivity contribution is 0.0788. The van der Waals surface area contributed by atoms with E-state index in [4.69, 9.17) is 15.2 Å². The highest BCUT2D eigenvalue weighted by atomic mass is 16.5. The lowest BCUT2D eigenvalue weighted by atomic mass is 9.97. The molecule has 0 saturated carbocycles. The minimum absolute atomic E-state index is 0.0839. The molecule has 0 saturated heterocycles. The topological polar surface area (TPSA) is 57.4 Å². The van der Waals surface area contributed by atoms with E-state index in [2.05, 4.69) is 4.98 Å². The van der Waals surface area contributed by atoms with Crippen molar-refractivity contribution in [3.05, 3.63) is 22.4 Å². The number of anilines is 1. The van der Waals surface area contributed by atoms with E-state index in [1.54, 1.807) is 0 Å². The molecule has 0 radical (unpaired) electrons. The highest BCUT2D eigenvalue weighted by Gasteiger charge is 2.28. The number of nitrogen functional groups attached to an aromatic ring is 1.